The lowest BCUT2D eigenvalue weighted by molar-refractivity contribution is 0.192. The van der Waals surface area contributed by atoms with E-state index >= 15 is 0 Å². The van der Waals surface area contributed by atoms with Crippen molar-refractivity contribution in [2.24, 2.45) is 11.3 Å². The van der Waals surface area contributed by atoms with E-state index in [0.717, 1.165) is 75.3 Å². The Hall–Kier alpha value is -5.32. The predicted molar refractivity (Wildman–Crippen MR) is 277 cm³/mol. The van der Waals surface area contributed by atoms with Crippen molar-refractivity contribution in [3.8, 4) is 45.0 Å². The molecule has 2 aromatic heterocycles. The number of hydrogen-bond donors (Lipinski definition) is 0. The van der Waals surface area contributed by atoms with Gasteiger partial charge in [-0.3, -0.25) is 0 Å². The van der Waals surface area contributed by atoms with Gasteiger partial charge in [-0.15, -0.1) is 10.2 Å². The molecule has 0 unspecified atom stereocenters. The number of fused-ring (bicyclic) bond motifs is 10. The van der Waals surface area contributed by atoms with Crippen molar-refractivity contribution in [1.29, 1.82) is 0 Å². The third-order valence-corrected chi connectivity index (χ3v) is 13.0. The standard InChI is InChI=1S/C29H40N4O.C28H38N4O/c1-29(2,3)22-33-28-24-16-10-9-15-23(24)21-32(19-13-7-5-6-8-14-20-34-4)26-18-12-11-17-25(26)27(28)30-31-33;1-22(2)20-32-28-25-16-10-11-17-26(25)31(18-12-6-4-5-7-13-19-33-3)21-23-14-8-9-15-24(23)27(28)29-30-32/h9-12,15-18H,5-8,13-14,19-22H2,1-4H3;8-11,14-17,22H,4-7,12-13,18-21H2,1-3H3. The van der Waals surface area contributed by atoms with Crippen molar-refractivity contribution in [1.82, 2.24) is 30.0 Å². The van der Waals surface area contributed by atoms with E-state index < -0.39 is 0 Å². The number of hydrogen-bond acceptors (Lipinski definition) is 8. The fourth-order valence-corrected chi connectivity index (χ4v) is 9.73. The van der Waals surface area contributed by atoms with Crippen LogP contribution in [0.25, 0.3) is 45.0 Å². The lowest BCUT2D eigenvalue weighted by atomic mass is 9.93. The van der Waals surface area contributed by atoms with Crippen LogP contribution < -0.4 is 9.80 Å². The normalized spacial score (nSPS) is 13.0. The highest BCUT2D eigenvalue weighted by molar-refractivity contribution is 5.89. The Bertz CT molecular complexity index is 2430. The molecule has 0 saturated heterocycles. The van der Waals surface area contributed by atoms with Gasteiger partial charge in [-0.25, -0.2) is 9.36 Å². The molecule has 4 aromatic carbocycles. The van der Waals surface area contributed by atoms with E-state index in [0.29, 0.717) is 5.92 Å². The zero-order valence-corrected chi connectivity index (χ0v) is 41.9. The van der Waals surface area contributed by atoms with Gasteiger partial charge in [0.25, 0.3) is 0 Å². The van der Waals surface area contributed by atoms with E-state index in [1.807, 2.05) is 0 Å². The van der Waals surface area contributed by atoms with Crippen LogP contribution in [0.5, 0.6) is 0 Å². The molecule has 8 rings (SSSR count). The molecule has 0 amide bonds. The number of nitrogens with zero attached hydrogens (tertiary/aromatic N) is 8. The van der Waals surface area contributed by atoms with Gasteiger partial charge in [-0.05, 0) is 60.3 Å². The molecule has 0 saturated carbocycles. The summed E-state index contributed by atoms with van der Waals surface area (Å²) in [5.41, 5.74) is 14.5. The molecule has 2 aliphatic rings. The maximum absolute atomic E-state index is 5.17. The maximum atomic E-state index is 5.17. The number of benzene rings is 4. The Kier molecular flexibility index (Phi) is 18.2. The summed E-state index contributed by atoms with van der Waals surface area (Å²) >= 11 is 0. The van der Waals surface area contributed by atoms with E-state index in [9.17, 15) is 0 Å². The van der Waals surface area contributed by atoms with Gasteiger partial charge in [-0.2, -0.15) is 0 Å². The van der Waals surface area contributed by atoms with E-state index in [2.05, 4.69) is 166 Å². The fourth-order valence-electron chi connectivity index (χ4n) is 9.73. The molecule has 0 spiro atoms. The molecule has 67 heavy (non-hydrogen) atoms. The molecule has 358 valence electrons. The second kappa shape index (κ2) is 24.6. The SMILES string of the molecule is COCCCCCCCCN1Cc2ccccc2-c2c(nnn2CC(C)(C)C)-c2ccccc21.COCCCCCCCCN1Cc2ccccc2-c2nnn(CC(C)C)c2-c2ccccc21. The van der Waals surface area contributed by atoms with Crippen LogP contribution in [0.4, 0.5) is 11.4 Å². The molecule has 0 aliphatic carbocycles. The second-order valence-corrected chi connectivity index (χ2v) is 20.3. The third-order valence-electron chi connectivity index (χ3n) is 13.0. The van der Waals surface area contributed by atoms with Crippen LogP contribution >= 0.6 is 0 Å². The predicted octanol–water partition coefficient (Wildman–Crippen LogP) is 13.5. The van der Waals surface area contributed by atoms with Crippen molar-refractivity contribution in [2.45, 2.75) is 138 Å². The number of ether oxygens (including phenoxy) is 2. The lowest BCUT2D eigenvalue weighted by Crippen LogP contribution is -2.26. The summed E-state index contributed by atoms with van der Waals surface area (Å²) in [5.74, 6) is 0.503. The lowest BCUT2D eigenvalue weighted by Gasteiger charge is -2.30. The maximum Gasteiger partial charge on any atom is 0.123 e. The number of methoxy groups -OCH3 is 2. The summed E-state index contributed by atoms with van der Waals surface area (Å²) in [5, 5.41) is 18.7. The Labute approximate surface area is 402 Å². The molecule has 4 heterocycles. The molecule has 6 aromatic rings. The largest absolute Gasteiger partial charge is 0.385 e. The van der Waals surface area contributed by atoms with Gasteiger partial charge >= 0.3 is 0 Å². The van der Waals surface area contributed by atoms with Gasteiger partial charge in [0.15, 0.2) is 0 Å². The first kappa shape index (κ1) is 49.6. The van der Waals surface area contributed by atoms with Crippen LogP contribution in [-0.2, 0) is 35.7 Å². The molecule has 10 nitrogen and oxygen atoms in total. The van der Waals surface area contributed by atoms with E-state index in [4.69, 9.17) is 14.6 Å². The first-order chi connectivity index (χ1) is 32.7. The highest BCUT2D eigenvalue weighted by atomic mass is 16.5. The highest BCUT2D eigenvalue weighted by Crippen LogP contribution is 2.43. The van der Waals surface area contributed by atoms with Crippen LogP contribution in [0.1, 0.15) is 123 Å². The number of anilines is 2. The zero-order chi connectivity index (χ0) is 47.0. The van der Waals surface area contributed by atoms with Crippen molar-refractivity contribution in [3.63, 3.8) is 0 Å². The minimum atomic E-state index is 0.119. The average molecular weight is 907 g/mol. The molecular weight excluding hydrogens is 829 g/mol. The van der Waals surface area contributed by atoms with Gasteiger partial charge in [0, 0.05) is 100 Å². The monoisotopic (exact) mass is 907 g/mol. The Morgan fingerprint density at radius 2 is 0.910 bits per heavy atom. The van der Waals surface area contributed by atoms with Gasteiger partial charge in [0.2, 0.25) is 0 Å². The number of unbranched alkanes of at least 4 members (excludes halogenated alkanes) is 10. The second-order valence-electron chi connectivity index (χ2n) is 20.3. The quantitative estimate of drug-likeness (QED) is 0.0660. The van der Waals surface area contributed by atoms with Crippen molar-refractivity contribution >= 4 is 11.4 Å². The van der Waals surface area contributed by atoms with Gasteiger partial charge < -0.3 is 19.3 Å². The molecule has 0 radical (unpaired) electrons. The topological polar surface area (TPSA) is 86.4 Å². The number of para-hydroxylation sites is 2. The van der Waals surface area contributed by atoms with Crippen molar-refractivity contribution in [3.05, 3.63) is 108 Å². The van der Waals surface area contributed by atoms with Crippen molar-refractivity contribution < 1.29 is 9.47 Å². The van der Waals surface area contributed by atoms with Gasteiger partial charge in [0.1, 0.15) is 11.4 Å². The van der Waals surface area contributed by atoms with Crippen molar-refractivity contribution in [2.75, 3.05) is 50.3 Å². The van der Waals surface area contributed by atoms with Crippen LogP contribution in [0.2, 0.25) is 0 Å². The molecule has 0 bridgehead atoms. The Balaban J connectivity index is 0.000000199. The summed E-state index contributed by atoms with van der Waals surface area (Å²) < 4.78 is 14.6. The van der Waals surface area contributed by atoms with Gasteiger partial charge in [0.05, 0.1) is 11.4 Å². The summed E-state index contributed by atoms with van der Waals surface area (Å²) in [6.07, 6.45) is 15.0. The molecule has 10 heteroatoms. The van der Waals surface area contributed by atoms with Crippen LogP contribution in [-0.4, -0.2) is 70.5 Å². The number of rotatable bonds is 21. The average Bonchev–Trinajstić information content (AvgIpc) is 3.91. The first-order valence-electron chi connectivity index (χ1n) is 25.4. The summed E-state index contributed by atoms with van der Waals surface area (Å²) in [4.78, 5) is 5.11. The van der Waals surface area contributed by atoms with Crippen LogP contribution in [0.3, 0.4) is 0 Å². The summed E-state index contributed by atoms with van der Waals surface area (Å²) in [6.45, 7) is 18.6. The fraction of sp³-hybridized carbons (Fsp3) is 0.509. The van der Waals surface area contributed by atoms with Crippen LogP contribution in [0.15, 0.2) is 97.1 Å². The molecular formula is C57H78N8O2. The van der Waals surface area contributed by atoms with Crippen LogP contribution in [0, 0.1) is 11.3 Å². The number of aromatic nitrogens is 6. The molecule has 2 aliphatic heterocycles. The van der Waals surface area contributed by atoms with E-state index in [1.54, 1.807) is 14.2 Å². The minimum absolute atomic E-state index is 0.119. The first-order valence-corrected chi connectivity index (χ1v) is 25.4. The molecule has 0 N–H and O–H groups in total. The molecule has 0 fully saturated rings. The zero-order valence-electron chi connectivity index (χ0n) is 41.9. The molecule has 0 atom stereocenters. The Morgan fingerprint density at radius 3 is 1.46 bits per heavy atom. The smallest absolute Gasteiger partial charge is 0.123 e. The minimum Gasteiger partial charge on any atom is -0.385 e. The van der Waals surface area contributed by atoms with E-state index in [-0.39, 0.29) is 5.41 Å². The summed E-state index contributed by atoms with van der Waals surface area (Å²) in [7, 11) is 3.57. The highest BCUT2D eigenvalue weighted by Gasteiger charge is 2.29. The summed E-state index contributed by atoms with van der Waals surface area (Å²) in [6, 6.07) is 35.0. The third kappa shape index (κ3) is 13.2. The van der Waals surface area contributed by atoms with E-state index in [1.165, 1.54) is 122 Å². The Morgan fingerprint density at radius 1 is 0.493 bits per heavy atom. The van der Waals surface area contributed by atoms with Gasteiger partial charge in [-0.1, -0.05) is 181 Å².